The minimum Gasteiger partial charge on any atom is -0.380 e. The Morgan fingerprint density at radius 1 is 1.47 bits per heavy atom. The Morgan fingerprint density at radius 3 is 2.94 bits per heavy atom. The van der Waals surface area contributed by atoms with E-state index in [4.69, 9.17) is 11.6 Å². The first-order valence-electron chi connectivity index (χ1n) is 5.68. The second-order valence-corrected chi connectivity index (χ2v) is 4.34. The van der Waals surface area contributed by atoms with Gasteiger partial charge in [-0.05, 0) is 23.6 Å². The summed E-state index contributed by atoms with van der Waals surface area (Å²) < 4.78 is 0. The van der Waals surface area contributed by atoms with E-state index in [2.05, 4.69) is 16.9 Å². The van der Waals surface area contributed by atoms with Crippen LogP contribution in [0.25, 0.3) is 0 Å². The fourth-order valence-electron chi connectivity index (χ4n) is 1.92. The molecular formula is C13H15ClN2O. The van der Waals surface area contributed by atoms with Gasteiger partial charge in [-0.3, -0.25) is 0 Å². The summed E-state index contributed by atoms with van der Waals surface area (Å²) in [6.45, 7) is 2.09. The standard InChI is InChI=1S/C13H15ClN2O/c1-2-4-9-10(5-3-6-11(9)14)12(17)13-15-7-8-16-13/h3,5-8,12,17H,2,4H2,1H3,(H,15,16)/t12-/m0/s1. The van der Waals surface area contributed by atoms with Crippen LogP contribution in [0.15, 0.2) is 30.6 Å². The number of hydrogen-bond donors (Lipinski definition) is 2. The zero-order valence-electron chi connectivity index (χ0n) is 9.65. The maximum atomic E-state index is 10.3. The molecule has 2 rings (SSSR count). The summed E-state index contributed by atoms with van der Waals surface area (Å²) in [6, 6.07) is 5.60. The van der Waals surface area contributed by atoms with Crippen molar-refractivity contribution in [2.24, 2.45) is 0 Å². The topological polar surface area (TPSA) is 48.9 Å². The molecule has 0 spiro atoms. The number of H-pyrrole nitrogens is 1. The number of nitrogens with zero attached hydrogens (tertiary/aromatic N) is 1. The molecule has 0 aliphatic rings. The normalized spacial score (nSPS) is 12.6. The number of aromatic amines is 1. The molecule has 0 aliphatic heterocycles. The van der Waals surface area contributed by atoms with Crippen LogP contribution in [0.3, 0.4) is 0 Å². The van der Waals surface area contributed by atoms with E-state index < -0.39 is 6.10 Å². The molecule has 1 heterocycles. The van der Waals surface area contributed by atoms with Gasteiger partial charge in [-0.2, -0.15) is 0 Å². The summed E-state index contributed by atoms with van der Waals surface area (Å²) in [5.41, 5.74) is 1.83. The number of hydrogen-bond acceptors (Lipinski definition) is 2. The fourth-order valence-corrected chi connectivity index (χ4v) is 2.20. The summed E-state index contributed by atoms with van der Waals surface area (Å²) in [6.07, 6.45) is 4.42. The van der Waals surface area contributed by atoms with Gasteiger partial charge in [0, 0.05) is 17.4 Å². The average Bonchev–Trinajstić information content (AvgIpc) is 2.85. The van der Waals surface area contributed by atoms with E-state index in [1.165, 1.54) is 0 Å². The van der Waals surface area contributed by atoms with Crippen LogP contribution < -0.4 is 0 Å². The third kappa shape index (κ3) is 2.51. The van der Waals surface area contributed by atoms with Crippen molar-refractivity contribution in [1.29, 1.82) is 0 Å². The molecule has 2 N–H and O–H groups in total. The van der Waals surface area contributed by atoms with Crippen molar-refractivity contribution < 1.29 is 5.11 Å². The average molecular weight is 251 g/mol. The fraction of sp³-hybridized carbons (Fsp3) is 0.308. The molecule has 1 aromatic heterocycles. The highest BCUT2D eigenvalue weighted by Gasteiger charge is 2.17. The van der Waals surface area contributed by atoms with Crippen molar-refractivity contribution in [3.05, 3.63) is 52.6 Å². The van der Waals surface area contributed by atoms with Gasteiger partial charge >= 0.3 is 0 Å². The minimum atomic E-state index is -0.745. The van der Waals surface area contributed by atoms with Crippen LogP contribution in [0.2, 0.25) is 5.02 Å². The third-order valence-electron chi connectivity index (χ3n) is 2.73. The molecule has 0 amide bonds. The number of benzene rings is 1. The Bertz CT molecular complexity index is 482. The van der Waals surface area contributed by atoms with Crippen LogP contribution in [0.5, 0.6) is 0 Å². The molecular weight excluding hydrogens is 236 g/mol. The van der Waals surface area contributed by atoms with Gasteiger partial charge in [-0.25, -0.2) is 4.98 Å². The van der Waals surface area contributed by atoms with E-state index in [0.29, 0.717) is 10.8 Å². The largest absolute Gasteiger partial charge is 0.380 e. The van der Waals surface area contributed by atoms with E-state index in [1.807, 2.05) is 18.2 Å². The highest BCUT2D eigenvalue weighted by Crippen LogP contribution is 2.28. The Labute approximate surface area is 105 Å². The summed E-state index contributed by atoms with van der Waals surface area (Å²) in [4.78, 5) is 6.99. The van der Waals surface area contributed by atoms with Gasteiger partial charge in [0.1, 0.15) is 11.9 Å². The molecule has 0 bridgehead atoms. The third-order valence-corrected chi connectivity index (χ3v) is 3.08. The van der Waals surface area contributed by atoms with Crippen molar-refractivity contribution in [1.82, 2.24) is 9.97 Å². The molecule has 0 unspecified atom stereocenters. The highest BCUT2D eigenvalue weighted by atomic mass is 35.5. The van der Waals surface area contributed by atoms with Gasteiger partial charge in [0.05, 0.1) is 0 Å². The van der Waals surface area contributed by atoms with Crippen LogP contribution in [0, 0.1) is 0 Å². The molecule has 0 saturated carbocycles. The summed E-state index contributed by atoms with van der Waals surface area (Å²) in [5, 5.41) is 11.0. The molecule has 90 valence electrons. The van der Waals surface area contributed by atoms with Crippen LogP contribution >= 0.6 is 11.6 Å². The van der Waals surface area contributed by atoms with Crippen molar-refractivity contribution >= 4 is 11.6 Å². The first-order chi connectivity index (χ1) is 8.24. The summed E-state index contributed by atoms with van der Waals surface area (Å²) in [7, 11) is 0. The zero-order chi connectivity index (χ0) is 12.3. The molecule has 2 aromatic rings. The monoisotopic (exact) mass is 250 g/mol. The van der Waals surface area contributed by atoms with Crippen molar-refractivity contribution in [3.8, 4) is 0 Å². The van der Waals surface area contributed by atoms with Crippen LogP contribution in [-0.2, 0) is 6.42 Å². The van der Waals surface area contributed by atoms with Gasteiger partial charge < -0.3 is 10.1 Å². The lowest BCUT2D eigenvalue weighted by Crippen LogP contribution is -2.06. The molecule has 17 heavy (non-hydrogen) atoms. The second kappa shape index (κ2) is 5.34. The maximum Gasteiger partial charge on any atom is 0.139 e. The quantitative estimate of drug-likeness (QED) is 0.876. The van der Waals surface area contributed by atoms with E-state index in [1.54, 1.807) is 12.4 Å². The highest BCUT2D eigenvalue weighted by molar-refractivity contribution is 6.31. The molecule has 1 aromatic carbocycles. The lowest BCUT2D eigenvalue weighted by atomic mass is 9.98. The number of aliphatic hydroxyl groups excluding tert-OH is 1. The summed E-state index contributed by atoms with van der Waals surface area (Å²) >= 11 is 6.17. The SMILES string of the molecule is CCCc1c(Cl)cccc1[C@H](O)c1ncc[nH]1. The van der Waals surface area contributed by atoms with Crippen LogP contribution in [-0.4, -0.2) is 15.1 Å². The van der Waals surface area contributed by atoms with Gasteiger partial charge in [0.15, 0.2) is 0 Å². The predicted octanol–water partition coefficient (Wildman–Crippen LogP) is 3.10. The molecule has 0 radical (unpaired) electrons. The first kappa shape index (κ1) is 12.1. The molecule has 1 atom stereocenters. The molecule has 0 saturated heterocycles. The van der Waals surface area contributed by atoms with E-state index in [0.717, 1.165) is 24.0 Å². The van der Waals surface area contributed by atoms with Crippen molar-refractivity contribution in [3.63, 3.8) is 0 Å². The van der Waals surface area contributed by atoms with Gasteiger partial charge in [-0.1, -0.05) is 37.1 Å². The van der Waals surface area contributed by atoms with Gasteiger partial charge in [0.25, 0.3) is 0 Å². The minimum absolute atomic E-state index is 0.546. The Morgan fingerprint density at radius 2 is 2.29 bits per heavy atom. The predicted molar refractivity (Wildman–Crippen MR) is 68.1 cm³/mol. The number of aromatic nitrogens is 2. The van der Waals surface area contributed by atoms with Gasteiger partial charge in [-0.15, -0.1) is 0 Å². The van der Waals surface area contributed by atoms with E-state index in [9.17, 15) is 5.11 Å². The van der Waals surface area contributed by atoms with Crippen molar-refractivity contribution in [2.45, 2.75) is 25.9 Å². The zero-order valence-corrected chi connectivity index (χ0v) is 10.4. The number of halogens is 1. The number of imidazole rings is 1. The molecule has 4 heteroatoms. The molecule has 0 aliphatic carbocycles. The first-order valence-corrected chi connectivity index (χ1v) is 6.06. The van der Waals surface area contributed by atoms with E-state index >= 15 is 0 Å². The van der Waals surface area contributed by atoms with Crippen molar-refractivity contribution in [2.75, 3.05) is 0 Å². The Hall–Kier alpha value is -1.32. The number of aliphatic hydroxyl groups is 1. The molecule has 0 fully saturated rings. The second-order valence-electron chi connectivity index (χ2n) is 3.93. The lowest BCUT2D eigenvalue weighted by molar-refractivity contribution is 0.210. The van der Waals surface area contributed by atoms with E-state index in [-0.39, 0.29) is 0 Å². The smallest absolute Gasteiger partial charge is 0.139 e. The molecule has 3 nitrogen and oxygen atoms in total. The van der Waals surface area contributed by atoms with Crippen LogP contribution in [0.1, 0.15) is 36.4 Å². The number of nitrogens with one attached hydrogen (secondary N) is 1. The number of rotatable bonds is 4. The maximum absolute atomic E-state index is 10.3. The Kier molecular flexibility index (Phi) is 3.82. The van der Waals surface area contributed by atoms with Gasteiger partial charge in [0.2, 0.25) is 0 Å². The summed E-state index contributed by atoms with van der Waals surface area (Å²) in [5.74, 6) is 0.546. The van der Waals surface area contributed by atoms with Crippen LogP contribution in [0.4, 0.5) is 0 Å². The lowest BCUT2D eigenvalue weighted by Gasteiger charge is -2.14. The Balaban J connectivity index is 2.41.